The van der Waals surface area contributed by atoms with E-state index in [2.05, 4.69) is 22.0 Å². The van der Waals surface area contributed by atoms with Crippen molar-refractivity contribution in [3.8, 4) is 0 Å². The Kier molecular flexibility index (Phi) is 5.61. The maximum Gasteiger partial charge on any atom is 0.177 e. The highest BCUT2D eigenvalue weighted by atomic mass is 16.5. The van der Waals surface area contributed by atoms with Crippen molar-refractivity contribution in [2.45, 2.75) is 83.8 Å². The molecule has 8 unspecified atom stereocenters. The summed E-state index contributed by atoms with van der Waals surface area (Å²) < 4.78 is 7.63. The van der Waals surface area contributed by atoms with E-state index in [-0.39, 0.29) is 23.3 Å². The topological polar surface area (TPSA) is 90.1 Å². The lowest BCUT2D eigenvalue weighted by Gasteiger charge is -2.62. The van der Waals surface area contributed by atoms with Gasteiger partial charge in [0, 0.05) is 25.4 Å². The number of Topliss-reactive ketones (excluding diaryl/α,β-unsaturated/α-hetero) is 1. The second kappa shape index (κ2) is 8.34. The monoisotopic (exact) mass is 480 g/mol. The maximum absolute atomic E-state index is 13.7. The van der Waals surface area contributed by atoms with Crippen LogP contribution in [0.1, 0.15) is 71.6 Å². The predicted octanol–water partition coefficient (Wildman–Crippen LogP) is 4.43. The number of methoxy groups -OCH3 is 1. The minimum Gasteiger partial charge on any atom is -0.390 e. The fourth-order valence-corrected chi connectivity index (χ4v) is 9.50. The third kappa shape index (κ3) is 3.59. The van der Waals surface area contributed by atoms with Gasteiger partial charge in [0.2, 0.25) is 0 Å². The van der Waals surface area contributed by atoms with Crippen LogP contribution in [0.5, 0.6) is 0 Å². The molecule has 4 fully saturated rings. The number of fused-ring (bicyclic) bond motifs is 6. The second-order valence-electron chi connectivity index (χ2n) is 12.7. The minimum atomic E-state index is -0.538. The van der Waals surface area contributed by atoms with Crippen LogP contribution in [0.3, 0.4) is 0 Å². The van der Waals surface area contributed by atoms with E-state index in [0.29, 0.717) is 35.1 Å². The van der Waals surface area contributed by atoms with Crippen molar-refractivity contribution < 1.29 is 14.6 Å². The number of aromatic nitrogens is 4. The highest BCUT2D eigenvalue weighted by Crippen LogP contribution is 2.68. The average Bonchev–Trinajstić information content (AvgIpc) is 3.40. The van der Waals surface area contributed by atoms with E-state index in [0.717, 1.165) is 50.6 Å². The van der Waals surface area contributed by atoms with Crippen molar-refractivity contribution in [3.05, 3.63) is 18.6 Å². The number of carbonyl (C=O) groups is 1. The van der Waals surface area contributed by atoms with Gasteiger partial charge in [-0.3, -0.25) is 4.79 Å². The van der Waals surface area contributed by atoms with Gasteiger partial charge in [-0.15, -0.1) is 0 Å². The molecule has 2 heterocycles. The number of nitrogens with zero attached hydrogens (tertiary/aromatic N) is 4. The largest absolute Gasteiger partial charge is 0.390 e. The maximum atomic E-state index is 13.7. The fourth-order valence-electron chi connectivity index (χ4n) is 9.50. The van der Waals surface area contributed by atoms with Crippen LogP contribution in [0.25, 0.3) is 11.2 Å². The van der Waals surface area contributed by atoms with Gasteiger partial charge in [-0.05, 0) is 99.2 Å². The summed E-state index contributed by atoms with van der Waals surface area (Å²) >= 11 is 0. The van der Waals surface area contributed by atoms with Gasteiger partial charge in [0.05, 0.1) is 18.4 Å². The van der Waals surface area contributed by atoms with Crippen LogP contribution in [0.2, 0.25) is 0 Å². The summed E-state index contributed by atoms with van der Waals surface area (Å²) in [6, 6.07) is 0. The lowest BCUT2D eigenvalue weighted by Crippen LogP contribution is -2.58. The van der Waals surface area contributed by atoms with Crippen LogP contribution in [0.15, 0.2) is 18.6 Å². The van der Waals surface area contributed by atoms with Gasteiger partial charge in [-0.2, -0.15) is 5.10 Å². The molecule has 2 aromatic heterocycles. The molecule has 35 heavy (non-hydrogen) atoms. The Morgan fingerprint density at radius 3 is 2.74 bits per heavy atom. The van der Waals surface area contributed by atoms with Crippen LogP contribution >= 0.6 is 0 Å². The summed E-state index contributed by atoms with van der Waals surface area (Å²) in [4.78, 5) is 22.4. The molecule has 0 aliphatic heterocycles. The Labute approximate surface area is 208 Å². The van der Waals surface area contributed by atoms with Gasteiger partial charge in [-0.1, -0.05) is 6.92 Å². The number of carbonyl (C=O) groups excluding carboxylic acids is 1. The summed E-state index contributed by atoms with van der Waals surface area (Å²) in [6.45, 7) is 5.53. The van der Waals surface area contributed by atoms with E-state index >= 15 is 0 Å². The molecule has 8 atom stereocenters. The number of ether oxygens (including phenoxy) is 1. The van der Waals surface area contributed by atoms with Crippen molar-refractivity contribution in [3.63, 3.8) is 0 Å². The van der Waals surface area contributed by atoms with E-state index < -0.39 is 5.60 Å². The van der Waals surface area contributed by atoms with Crippen molar-refractivity contribution in [1.82, 2.24) is 19.7 Å². The van der Waals surface area contributed by atoms with Gasteiger partial charge >= 0.3 is 0 Å². The molecule has 7 heteroatoms. The summed E-state index contributed by atoms with van der Waals surface area (Å²) in [6.07, 6.45) is 14.7. The molecule has 2 aromatic rings. The van der Waals surface area contributed by atoms with Crippen LogP contribution in [-0.2, 0) is 16.1 Å². The molecule has 4 saturated carbocycles. The Bertz CT molecular complexity index is 1110. The molecule has 0 radical (unpaired) electrons. The van der Waals surface area contributed by atoms with Gasteiger partial charge in [-0.25, -0.2) is 14.6 Å². The van der Waals surface area contributed by atoms with Crippen molar-refractivity contribution >= 4 is 16.9 Å². The lowest BCUT2D eigenvalue weighted by molar-refractivity contribution is -0.175. The van der Waals surface area contributed by atoms with Crippen LogP contribution in [0.4, 0.5) is 0 Å². The molecule has 7 nitrogen and oxygen atoms in total. The van der Waals surface area contributed by atoms with Crippen LogP contribution in [-0.4, -0.2) is 50.0 Å². The first-order valence-electron chi connectivity index (χ1n) is 13.6. The number of hydrogen-bond donors (Lipinski definition) is 1. The molecule has 0 spiro atoms. The summed E-state index contributed by atoms with van der Waals surface area (Å²) in [5, 5.41) is 15.3. The molecule has 190 valence electrons. The Morgan fingerprint density at radius 2 is 1.91 bits per heavy atom. The third-order valence-electron chi connectivity index (χ3n) is 11.0. The van der Waals surface area contributed by atoms with E-state index in [9.17, 15) is 9.90 Å². The highest BCUT2D eigenvalue weighted by Gasteiger charge is 2.63. The molecular weight excluding hydrogens is 440 g/mol. The number of aliphatic hydroxyl groups is 1. The van der Waals surface area contributed by atoms with Crippen molar-refractivity contribution in [1.29, 1.82) is 0 Å². The fraction of sp³-hybridized carbons (Fsp3) is 0.786. The third-order valence-corrected chi connectivity index (χ3v) is 11.0. The second-order valence-corrected chi connectivity index (χ2v) is 12.7. The van der Waals surface area contributed by atoms with Crippen molar-refractivity contribution in [2.75, 3.05) is 13.7 Å². The first kappa shape index (κ1) is 23.5. The smallest absolute Gasteiger partial charge is 0.177 e. The van der Waals surface area contributed by atoms with Crippen LogP contribution < -0.4 is 0 Å². The summed E-state index contributed by atoms with van der Waals surface area (Å²) in [5.41, 5.74) is 1.15. The molecule has 0 bridgehead atoms. The molecule has 1 N–H and O–H groups in total. The minimum absolute atomic E-state index is 0.0636. The lowest BCUT2D eigenvalue weighted by atomic mass is 9.43. The van der Waals surface area contributed by atoms with Gasteiger partial charge < -0.3 is 9.84 Å². The number of hydrogen-bond acceptors (Lipinski definition) is 6. The number of ketones is 1. The zero-order valence-electron chi connectivity index (χ0n) is 21.4. The molecule has 0 aromatic carbocycles. The van der Waals surface area contributed by atoms with E-state index in [1.165, 1.54) is 19.3 Å². The SMILES string of the molecule is COCC12CCC(C)(O)CC1CCC1C3CCC(C(=O)Cn4ncc5nccnc54)C3(C)CCC12. The first-order valence-corrected chi connectivity index (χ1v) is 13.6. The zero-order valence-corrected chi connectivity index (χ0v) is 21.4. The molecule has 4 aliphatic carbocycles. The van der Waals surface area contributed by atoms with Crippen LogP contribution in [0, 0.1) is 40.4 Å². The predicted molar refractivity (Wildman–Crippen MR) is 132 cm³/mol. The highest BCUT2D eigenvalue weighted by molar-refractivity contribution is 5.83. The van der Waals surface area contributed by atoms with Gasteiger partial charge in [0.15, 0.2) is 11.4 Å². The molecule has 0 amide bonds. The summed E-state index contributed by atoms with van der Waals surface area (Å²) in [7, 11) is 1.85. The molecule has 0 saturated heterocycles. The quantitative estimate of drug-likeness (QED) is 0.681. The standard InChI is InChI=1S/C28H40N4O3/c1-26(34)10-11-28(17-35-3)18(14-26)4-5-19-20-6-7-22(27(20,2)9-8-21(19)28)24(33)16-32-25-23(15-31-32)29-12-13-30-25/h12-13,15,18-22,34H,4-11,14,16-17H2,1-3H3. The Balaban J connectivity index is 1.24. The van der Waals surface area contributed by atoms with Crippen molar-refractivity contribution in [2.24, 2.45) is 40.4 Å². The summed E-state index contributed by atoms with van der Waals surface area (Å²) in [5.74, 6) is 2.85. The Morgan fingerprint density at radius 1 is 1.09 bits per heavy atom. The first-order chi connectivity index (χ1) is 16.8. The Hall–Kier alpha value is -1.86. The van der Waals surface area contributed by atoms with Gasteiger partial charge in [0.1, 0.15) is 12.1 Å². The zero-order chi connectivity index (χ0) is 24.4. The number of rotatable bonds is 5. The molecular formula is C28H40N4O3. The van der Waals surface area contributed by atoms with E-state index in [1.54, 1.807) is 23.3 Å². The normalized spacial score (nSPS) is 42.9. The van der Waals surface area contributed by atoms with E-state index in [1.807, 2.05) is 14.0 Å². The van der Waals surface area contributed by atoms with E-state index in [4.69, 9.17) is 4.74 Å². The average molecular weight is 481 g/mol. The molecule has 4 aliphatic rings. The molecule has 6 rings (SSSR count). The van der Waals surface area contributed by atoms with Gasteiger partial charge in [0.25, 0.3) is 0 Å².